The zero-order valence-corrected chi connectivity index (χ0v) is 15.0. The lowest BCUT2D eigenvalue weighted by Crippen LogP contribution is -2.25. The molecule has 4 rings (SSSR count). The highest BCUT2D eigenvalue weighted by molar-refractivity contribution is 7.14. The van der Waals surface area contributed by atoms with Crippen molar-refractivity contribution in [2.75, 3.05) is 13.7 Å². The third-order valence-electron chi connectivity index (χ3n) is 4.49. The number of benzene rings is 1. The van der Waals surface area contributed by atoms with Crippen molar-refractivity contribution in [2.24, 2.45) is 0 Å². The van der Waals surface area contributed by atoms with E-state index in [9.17, 15) is 4.79 Å². The van der Waals surface area contributed by atoms with Crippen molar-refractivity contribution >= 4 is 28.1 Å². The highest BCUT2D eigenvalue weighted by Gasteiger charge is 2.22. The number of hydrogen-bond donors (Lipinski definition) is 0. The Kier molecular flexibility index (Phi) is 4.51. The van der Waals surface area contributed by atoms with E-state index >= 15 is 0 Å². The second kappa shape index (κ2) is 6.94. The number of nitrogens with zero attached hydrogens (tertiary/aromatic N) is 2. The number of pyridine rings is 1. The van der Waals surface area contributed by atoms with E-state index in [1.807, 2.05) is 49.5 Å². The number of hydrogen-bond acceptors (Lipinski definition) is 4. The number of carbonyl (C=O) groups excluding carboxylic acids is 1. The third kappa shape index (κ3) is 3.43. The summed E-state index contributed by atoms with van der Waals surface area (Å²) < 4.78 is 5.70. The SMILES string of the molecule is CN(Cc1ccc2ccccc2n1)C(=O)c1ccc([C@H]2CCCO2)s1. The van der Waals surface area contributed by atoms with Crippen LogP contribution in [0, 0.1) is 0 Å². The van der Waals surface area contributed by atoms with Crippen LogP contribution in [-0.4, -0.2) is 29.4 Å². The summed E-state index contributed by atoms with van der Waals surface area (Å²) in [5.74, 6) is 0.0317. The normalized spacial score (nSPS) is 17.1. The van der Waals surface area contributed by atoms with Crippen molar-refractivity contribution in [3.8, 4) is 0 Å². The minimum Gasteiger partial charge on any atom is -0.373 e. The highest BCUT2D eigenvalue weighted by Crippen LogP contribution is 2.33. The molecule has 3 aromatic rings. The van der Waals surface area contributed by atoms with E-state index in [1.165, 1.54) is 0 Å². The summed E-state index contributed by atoms with van der Waals surface area (Å²) in [5, 5.41) is 1.11. The average molecular weight is 352 g/mol. The van der Waals surface area contributed by atoms with Crippen molar-refractivity contribution < 1.29 is 9.53 Å². The lowest BCUT2D eigenvalue weighted by atomic mass is 10.2. The molecule has 0 spiro atoms. The molecule has 5 heteroatoms. The van der Waals surface area contributed by atoms with Gasteiger partial charge in [-0.05, 0) is 37.1 Å². The quantitative estimate of drug-likeness (QED) is 0.698. The van der Waals surface area contributed by atoms with Crippen LogP contribution in [0.5, 0.6) is 0 Å². The monoisotopic (exact) mass is 352 g/mol. The van der Waals surface area contributed by atoms with Crippen molar-refractivity contribution in [3.63, 3.8) is 0 Å². The van der Waals surface area contributed by atoms with E-state index < -0.39 is 0 Å². The smallest absolute Gasteiger partial charge is 0.264 e. The maximum atomic E-state index is 12.7. The van der Waals surface area contributed by atoms with Crippen LogP contribution in [0.2, 0.25) is 0 Å². The Morgan fingerprint density at radius 3 is 2.96 bits per heavy atom. The van der Waals surface area contributed by atoms with E-state index in [4.69, 9.17) is 4.74 Å². The van der Waals surface area contributed by atoms with Crippen LogP contribution in [-0.2, 0) is 11.3 Å². The van der Waals surface area contributed by atoms with Crippen LogP contribution in [0.25, 0.3) is 10.9 Å². The van der Waals surface area contributed by atoms with Gasteiger partial charge in [0, 0.05) is 23.9 Å². The van der Waals surface area contributed by atoms with Crippen molar-refractivity contribution in [2.45, 2.75) is 25.5 Å². The highest BCUT2D eigenvalue weighted by atomic mass is 32.1. The van der Waals surface area contributed by atoms with Gasteiger partial charge >= 0.3 is 0 Å². The summed E-state index contributed by atoms with van der Waals surface area (Å²) in [7, 11) is 1.82. The molecule has 1 aliphatic rings. The molecule has 0 saturated carbocycles. The molecule has 0 radical (unpaired) electrons. The van der Waals surface area contributed by atoms with Crippen LogP contribution in [0.4, 0.5) is 0 Å². The summed E-state index contributed by atoms with van der Waals surface area (Å²) in [6, 6.07) is 16.0. The van der Waals surface area contributed by atoms with Gasteiger partial charge in [0.1, 0.15) is 0 Å². The molecule has 1 atom stereocenters. The molecule has 1 aliphatic heterocycles. The van der Waals surface area contributed by atoms with E-state index in [0.717, 1.165) is 45.8 Å². The Hall–Kier alpha value is -2.24. The van der Waals surface area contributed by atoms with Gasteiger partial charge in [0.2, 0.25) is 0 Å². The fraction of sp³-hybridized carbons (Fsp3) is 0.300. The van der Waals surface area contributed by atoms with Gasteiger partial charge in [-0.3, -0.25) is 9.78 Å². The second-order valence-electron chi connectivity index (χ2n) is 6.36. The first-order chi connectivity index (χ1) is 12.2. The molecule has 0 bridgehead atoms. The Balaban J connectivity index is 1.47. The molecule has 1 amide bonds. The first-order valence-electron chi connectivity index (χ1n) is 8.52. The topological polar surface area (TPSA) is 42.4 Å². The molecule has 1 aromatic carbocycles. The molecule has 3 heterocycles. The number of carbonyl (C=O) groups is 1. The van der Waals surface area contributed by atoms with E-state index in [2.05, 4.69) is 11.1 Å². The Morgan fingerprint density at radius 1 is 1.24 bits per heavy atom. The number of amides is 1. The van der Waals surface area contributed by atoms with Gasteiger partial charge in [-0.1, -0.05) is 24.3 Å². The van der Waals surface area contributed by atoms with Gasteiger partial charge in [0.15, 0.2) is 0 Å². The van der Waals surface area contributed by atoms with Crippen LogP contribution in [0.15, 0.2) is 48.5 Å². The largest absolute Gasteiger partial charge is 0.373 e. The molecule has 1 fully saturated rings. The number of para-hydroxylation sites is 1. The molecule has 2 aromatic heterocycles. The Morgan fingerprint density at radius 2 is 2.12 bits per heavy atom. The number of fused-ring (bicyclic) bond motifs is 1. The zero-order chi connectivity index (χ0) is 17.2. The summed E-state index contributed by atoms with van der Waals surface area (Å²) in [6.45, 7) is 1.32. The summed E-state index contributed by atoms with van der Waals surface area (Å²) in [5.41, 5.74) is 1.85. The van der Waals surface area contributed by atoms with Crippen molar-refractivity contribution in [1.82, 2.24) is 9.88 Å². The van der Waals surface area contributed by atoms with Crippen LogP contribution in [0.3, 0.4) is 0 Å². The van der Waals surface area contributed by atoms with Crippen molar-refractivity contribution in [3.05, 3.63) is 64.0 Å². The lowest BCUT2D eigenvalue weighted by molar-refractivity contribution is 0.0788. The maximum Gasteiger partial charge on any atom is 0.264 e. The Bertz CT molecular complexity index is 899. The third-order valence-corrected chi connectivity index (χ3v) is 5.65. The Labute approximate surface area is 151 Å². The van der Waals surface area contributed by atoms with Gasteiger partial charge in [-0.2, -0.15) is 0 Å². The zero-order valence-electron chi connectivity index (χ0n) is 14.1. The fourth-order valence-corrected chi connectivity index (χ4v) is 4.23. The second-order valence-corrected chi connectivity index (χ2v) is 7.48. The number of rotatable bonds is 4. The van der Waals surface area contributed by atoms with Crippen molar-refractivity contribution in [1.29, 1.82) is 0 Å². The van der Waals surface area contributed by atoms with Gasteiger partial charge in [0.25, 0.3) is 5.91 Å². The molecule has 25 heavy (non-hydrogen) atoms. The van der Waals surface area contributed by atoms with Gasteiger partial charge in [0.05, 0.1) is 28.7 Å². The van der Waals surface area contributed by atoms with E-state index in [-0.39, 0.29) is 12.0 Å². The van der Waals surface area contributed by atoms with Gasteiger partial charge < -0.3 is 9.64 Å². The van der Waals surface area contributed by atoms with Crippen LogP contribution in [0.1, 0.15) is 39.2 Å². The summed E-state index contributed by atoms with van der Waals surface area (Å²) in [6.07, 6.45) is 2.31. The number of ether oxygens (including phenoxy) is 1. The van der Waals surface area contributed by atoms with Gasteiger partial charge in [-0.15, -0.1) is 11.3 Å². The van der Waals surface area contributed by atoms with Gasteiger partial charge in [-0.25, -0.2) is 0 Å². The predicted octanol–water partition coefficient (Wildman–Crippen LogP) is 4.42. The molecular weight excluding hydrogens is 332 g/mol. The molecule has 0 N–H and O–H groups in total. The summed E-state index contributed by atoms with van der Waals surface area (Å²) in [4.78, 5) is 21.0. The minimum absolute atomic E-state index is 0.0317. The maximum absolute atomic E-state index is 12.7. The molecule has 0 unspecified atom stereocenters. The minimum atomic E-state index is 0.0317. The molecule has 1 saturated heterocycles. The fourth-order valence-electron chi connectivity index (χ4n) is 3.14. The molecule has 128 valence electrons. The first kappa shape index (κ1) is 16.2. The lowest BCUT2D eigenvalue weighted by Gasteiger charge is -2.16. The van der Waals surface area contributed by atoms with E-state index in [1.54, 1.807) is 16.2 Å². The molecular formula is C20H20N2O2S. The number of thiophene rings is 1. The van der Waals surface area contributed by atoms with Crippen LogP contribution >= 0.6 is 11.3 Å². The first-order valence-corrected chi connectivity index (χ1v) is 9.34. The molecule has 4 nitrogen and oxygen atoms in total. The standard InChI is InChI=1S/C20H20N2O2S/c1-22(13-15-9-8-14-5-2-3-6-16(14)21-15)20(23)19-11-10-18(25-19)17-7-4-12-24-17/h2-3,5-6,8-11,17H,4,7,12-13H2,1H3/t17-/m1/s1. The average Bonchev–Trinajstić information content (AvgIpc) is 3.32. The van der Waals surface area contributed by atoms with E-state index in [0.29, 0.717) is 6.54 Å². The molecule has 0 aliphatic carbocycles. The predicted molar refractivity (Wildman–Crippen MR) is 99.8 cm³/mol. The van der Waals surface area contributed by atoms with Crippen LogP contribution < -0.4 is 0 Å². The number of aromatic nitrogens is 1. The summed E-state index contributed by atoms with van der Waals surface area (Å²) >= 11 is 1.54.